The Labute approximate surface area is 123 Å². The van der Waals surface area contributed by atoms with Crippen molar-refractivity contribution in [2.75, 3.05) is 6.54 Å². The standard InChI is InChI=1S/C15H25F3N2O/c16-15(17,18)12-6-3-5-10(8-12)14(21)20-9-11-4-1-2-7-13(11)19/h10-13H,1-9,19H2,(H,20,21). The van der Waals surface area contributed by atoms with Gasteiger partial charge in [0.05, 0.1) is 5.92 Å². The summed E-state index contributed by atoms with van der Waals surface area (Å²) in [5.41, 5.74) is 6.02. The SMILES string of the molecule is NC1CCCCC1CNC(=O)C1CCCC(C(F)(F)F)C1. The first kappa shape index (κ1) is 16.6. The third kappa shape index (κ3) is 4.59. The van der Waals surface area contributed by atoms with E-state index < -0.39 is 18.0 Å². The van der Waals surface area contributed by atoms with Crippen LogP contribution in [0, 0.1) is 17.8 Å². The zero-order valence-corrected chi connectivity index (χ0v) is 12.3. The Hall–Kier alpha value is -0.780. The molecule has 2 saturated carbocycles. The monoisotopic (exact) mass is 306 g/mol. The lowest BCUT2D eigenvalue weighted by Gasteiger charge is -2.32. The molecule has 0 saturated heterocycles. The van der Waals surface area contributed by atoms with Crippen LogP contribution in [0.1, 0.15) is 51.4 Å². The Morgan fingerprint density at radius 3 is 2.48 bits per heavy atom. The molecule has 3 nitrogen and oxygen atoms in total. The summed E-state index contributed by atoms with van der Waals surface area (Å²) in [6, 6.07) is 0.105. The molecule has 0 spiro atoms. The van der Waals surface area contributed by atoms with Crippen molar-refractivity contribution < 1.29 is 18.0 Å². The fourth-order valence-electron chi connectivity index (χ4n) is 3.59. The molecular formula is C15H25F3N2O. The summed E-state index contributed by atoms with van der Waals surface area (Å²) in [6.45, 7) is 0.507. The summed E-state index contributed by atoms with van der Waals surface area (Å²) < 4.78 is 38.3. The van der Waals surface area contributed by atoms with Crippen molar-refractivity contribution in [2.45, 2.75) is 63.6 Å². The molecule has 21 heavy (non-hydrogen) atoms. The van der Waals surface area contributed by atoms with Gasteiger partial charge in [-0.25, -0.2) is 0 Å². The molecule has 4 atom stereocenters. The summed E-state index contributed by atoms with van der Waals surface area (Å²) in [7, 11) is 0. The second kappa shape index (κ2) is 6.99. The Kier molecular flexibility index (Phi) is 5.52. The maximum Gasteiger partial charge on any atom is 0.391 e. The Balaban J connectivity index is 1.80. The highest BCUT2D eigenvalue weighted by molar-refractivity contribution is 5.78. The van der Waals surface area contributed by atoms with Crippen molar-refractivity contribution in [3.05, 3.63) is 0 Å². The number of carbonyl (C=O) groups excluding carboxylic acids is 1. The van der Waals surface area contributed by atoms with Crippen LogP contribution in [0.4, 0.5) is 13.2 Å². The summed E-state index contributed by atoms with van der Waals surface area (Å²) in [4.78, 5) is 12.1. The maximum absolute atomic E-state index is 12.8. The first-order chi connectivity index (χ1) is 9.88. The van der Waals surface area contributed by atoms with Gasteiger partial charge in [-0.05, 0) is 38.0 Å². The first-order valence-corrected chi connectivity index (χ1v) is 7.98. The van der Waals surface area contributed by atoms with Crippen molar-refractivity contribution in [1.29, 1.82) is 0 Å². The largest absolute Gasteiger partial charge is 0.391 e. The van der Waals surface area contributed by atoms with E-state index in [1.54, 1.807) is 0 Å². The van der Waals surface area contributed by atoms with E-state index in [9.17, 15) is 18.0 Å². The van der Waals surface area contributed by atoms with Gasteiger partial charge in [-0.15, -0.1) is 0 Å². The average Bonchev–Trinajstić information content (AvgIpc) is 2.45. The molecule has 0 aromatic carbocycles. The minimum absolute atomic E-state index is 0.0634. The number of carbonyl (C=O) groups is 1. The van der Waals surface area contributed by atoms with Gasteiger partial charge in [0.1, 0.15) is 0 Å². The van der Waals surface area contributed by atoms with Gasteiger partial charge in [0.2, 0.25) is 5.91 Å². The third-order valence-electron chi connectivity index (χ3n) is 5.01. The van der Waals surface area contributed by atoms with E-state index in [0.717, 1.165) is 25.7 Å². The van der Waals surface area contributed by atoms with Crippen LogP contribution in [0.5, 0.6) is 0 Å². The van der Waals surface area contributed by atoms with Gasteiger partial charge in [-0.2, -0.15) is 13.2 Å². The van der Waals surface area contributed by atoms with Crippen LogP contribution in [-0.2, 0) is 4.79 Å². The van der Waals surface area contributed by atoms with Gasteiger partial charge in [0.15, 0.2) is 0 Å². The predicted molar refractivity (Wildman–Crippen MR) is 74.4 cm³/mol. The minimum Gasteiger partial charge on any atom is -0.356 e. The maximum atomic E-state index is 12.8. The van der Waals surface area contributed by atoms with E-state index in [-0.39, 0.29) is 30.7 Å². The van der Waals surface area contributed by atoms with Crippen LogP contribution >= 0.6 is 0 Å². The molecule has 0 aromatic heterocycles. The van der Waals surface area contributed by atoms with Crippen LogP contribution in [0.15, 0.2) is 0 Å². The minimum atomic E-state index is -4.18. The third-order valence-corrected chi connectivity index (χ3v) is 5.01. The first-order valence-electron chi connectivity index (χ1n) is 7.98. The Bertz CT molecular complexity index is 359. The molecule has 2 aliphatic carbocycles. The number of hydrogen-bond acceptors (Lipinski definition) is 2. The van der Waals surface area contributed by atoms with Crippen LogP contribution in [0.3, 0.4) is 0 Å². The lowest BCUT2D eigenvalue weighted by Crippen LogP contribution is -2.43. The molecule has 4 unspecified atom stereocenters. The van der Waals surface area contributed by atoms with E-state index >= 15 is 0 Å². The van der Waals surface area contributed by atoms with Gasteiger partial charge in [0.25, 0.3) is 0 Å². The number of rotatable bonds is 3. The number of nitrogens with two attached hydrogens (primary N) is 1. The molecule has 2 aliphatic rings. The van der Waals surface area contributed by atoms with Crippen molar-refractivity contribution in [1.82, 2.24) is 5.32 Å². The average molecular weight is 306 g/mol. The van der Waals surface area contributed by atoms with Gasteiger partial charge in [-0.1, -0.05) is 19.3 Å². The van der Waals surface area contributed by atoms with E-state index in [4.69, 9.17) is 5.73 Å². The molecule has 122 valence electrons. The lowest BCUT2D eigenvalue weighted by molar-refractivity contribution is -0.186. The Morgan fingerprint density at radius 1 is 1.10 bits per heavy atom. The number of amides is 1. The second-order valence-corrected chi connectivity index (χ2v) is 6.56. The molecule has 0 aliphatic heterocycles. The fraction of sp³-hybridized carbons (Fsp3) is 0.933. The van der Waals surface area contributed by atoms with Crippen LogP contribution in [-0.4, -0.2) is 24.7 Å². The van der Waals surface area contributed by atoms with Gasteiger partial charge in [-0.3, -0.25) is 4.79 Å². The lowest BCUT2D eigenvalue weighted by atomic mass is 9.80. The van der Waals surface area contributed by atoms with Crippen molar-refractivity contribution >= 4 is 5.91 Å². The van der Waals surface area contributed by atoms with Crippen LogP contribution in [0.2, 0.25) is 0 Å². The molecule has 2 rings (SSSR count). The Morgan fingerprint density at radius 2 is 1.81 bits per heavy atom. The normalized spacial score (nSPS) is 34.5. The smallest absolute Gasteiger partial charge is 0.356 e. The topological polar surface area (TPSA) is 55.1 Å². The molecule has 0 radical (unpaired) electrons. The number of hydrogen-bond donors (Lipinski definition) is 2. The van der Waals surface area contributed by atoms with E-state index in [1.807, 2.05) is 0 Å². The van der Waals surface area contributed by atoms with E-state index in [1.165, 1.54) is 0 Å². The highest BCUT2D eigenvalue weighted by Crippen LogP contribution is 2.39. The highest BCUT2D eigenvalue weighted by atomic mass is 19.4. The number of halogens is 3. The molecule has 0 heterocycles. The quantitative estimate of drug-likeness (QED) is 0.842. The number of alkyl halides is 3. The molecule has 3 N–H and O–H groups in total. The van der Waals surface area contributed by atoms with E-state index in [2.05, 4.69) is 5.32 Å². The van der Waals surface area contributed by atoms with Crippen molar-refractivity contribution in [3.63, 3.8) is 0 Å². The zero-order valence-electron chi connectivity index (χ0n) is 12.3. The molecular weight excluding hydrogens is 281 g/mol. The molecule has 2 fully saturated rings. The summed E-state index contributed by atoms with van der Waals surface area (Å²) in [5, 5.41) is 2.84. The molecule has 0 bridgehead atoms. The van der Waals surface area contributed by atoms with Crippen molar-refractivity contribution in [3.8, 4) is 0 Å². The number of nitrogens with one attached hydrogen (secondary N) is 1. The van der Waals surface area contributed by atoms with Crippen molar-refractivity contribution in [2.24, 2.45) is 23.5 Å². The molecule has 1 amide bonds. The fourth-order valence-corrected chi connectivity index (χ4v) is 3.59. The summed E-state index contributed by atoms with van der Waals surface area (Å²) in [6.07, 6.45) is 1.17. The highest BCUT2D eigenvalue weighted by Gasteiger charge is 2.43. The van der Waals surface area contributed by atoms with Crippen LogP contribution in [0.25, 0.3) is 0 Å². The van der Waals surface area contributed by atoms with Crippen LogP contribution < -0.4 is 11.1 Å². The second-order valence-electron chi connectivity index (χ2n) is 6.56. The zero-order chi connectivity index (χ0) is 15.5. The predicted octanol–water partition coefficient (Wildman–Crippen LogP) is 2.99. The molecule has 0 aromatic rings. The molecule has 6 heteroatoms. The summed E-state index contributed by atoms with van der Waals surface area (Å²) >= 11 is 0. The summed E-state index contributed by atoms with van der Waals surface area (Å²) in [5.74, 6) is -1.77. The van der Waals surface area contributed by atoms with Gasteiger partial charge >= 0.3 is 6.18 Å². The van der Waals surface area contributed by atoms with Gasteiger partial charge < -0.3 is 11.1 Å². The van der Waals surface area contributed by atoms with E-state index in [0.29, 0.717) is 19.4 Å². The van der Waals surface area contributed by atoms with Gasteiger partial charge in [0, 0.05) is 18.5 Å².